The zero-order valence-electron chi connectivity index (χ0n) is 18.2. The lowest BCUT2D eigenvalue weighted by Gasteiger charge is -2.32. The fourth-order valence-electron chi connectivity index (χ4n) is 3.77. The van der Waals surface area contributed by atoms with Gasteiger partial charge in [0, 0.05) is 52.4 Å². The molecule has 6 nitrogen and oxygen atoms in total. The van der Waals surface area contributed by atoms with Crippen LogP contribution in [0.1, 0.15) is 24.0 Å². The first-order valence-electron chi connectivity index (χ1n) is 10.3. The van der Waals surface area contributed by atoms with Crippen molar-refractivity contribution >= 4 is 21.6 Å². The van der Waals surface area contributed by atoms with E-state index in [1.165, 1.54) is 4.31 Å². The van der Waals surface area contributed by atoms with Crippen LogP contribution in [0.3, 0.4) is 0 Å². The molecule has 162 valence electrons. The van der Waals surface area contributed by atoms with Gasteiger partial charge >= 0.3 is 0 Å². The zero-order valence-corrected chi connectivity index (χ0v) is 19.0. The van der Waals surface area contributed by atoms with Gasteiger partial charge in [0.2, 0.25) is 15.9 Å². The maximum Gasteiger partial charge on any atom is 0.243 e. The molecule has 1 aliphatic heterocycles. The molecule has 0 unspecified atom stereocenters. The summed E-state index contributed by atoms with van der Waals surface area (Å²) in [6.45, 7) is 3.23. The molecule has 0 saturated carbocycles. The van der Waals surface area contributed by atoms with Gasteiger partial charge < -0.3 is 9.80 Å². The number of hydrogen-bond donors (Lipinski definition) is 0. The molecule has 2 aromatic carbocycles. The van der Waals surface area contributed by atoms with Gasteiger partial charge in [0.1, 0.15) is 0 Å². The molecule has 0 aliphatic carbocycles. The zero-order chi connectivity index (χ0) is 21.9. The van der Waals surface area contributed by atoms with E-state index in [4.69, 9.17) is 0 Å². The molecule has 0 aromatic heterocycles. The minimum absolute atomic E-state index is 0.0825. The van der Waals surface area contributed by atoms with E-state index in [1.54, 1.807) is 17.0 Å². The first-order chi connectivity index (χ1) is 14.2. The molecular weight excluding hydrogens is 398 g/mol. The van der Waals surface area contributed by atoms with Crippen molar-refractivity contribution in [3.8, 4) is 0 Å². The van der Waals surface area contributed by atoms with Crippen molar-refractivity contribution < 1.29 is 13.2 Å². The highest BCUT2D eigenvalue weighted by atomic mass is 32.2. The summed E-state index contributed by atoms with van der Waals surface area (Å²) in [5.41, 5.74) is 3.23. The second-order valence-electron chi connectivity index (χ2n) is 8.25. The van der Waals surface area contributed by atoms with Gasteiger partial charge in [0.15, 0.2) is 0 Å². The number of carbonyl (C=O) groups excluding carboxylic acids is 1. The molecule has 0 atom stereocenters. The Morgan fingerprint density at radius 1 is 0.967 bits per heavy atom. The Hall–Kier alpha value is -2.38. The fraction of sp³-hybridized carbons (Fsp3) is 0.435. The topological polar surface area (TPSA) is 60.9 Å². The first-order valence-corrected chi connectivity index (χ1v) is 11.7. The molecule has 2 aromatic rings. The number of piperidine rings is 1. The second kappa shape index (κ2) is 9.18. The van der Waals surface area contributed by atoms with Gasteiger partial charge in [0.05, 0.1) is 4.90 Å². The maximum absolute atomic E-state index is 12.9. The maximum atomic E-state index is 12.9. The van der Waals surface area contributed by atoms with E-state index in [0.29, 0.717) is 37.4 Å². The summed E-state index contributed by atoms with van der Waals surface area (Å²) in [4.78, 5) is 17.0. The molecule has 0 spiro atoms. The third-order valence-electron chi connectivity index (χ3n) is 5.71. The summed E-state index contributed by atoms with van der Waals surface area (Å²) in [5, 5.41) is 0. The molecule has 30 heavy (non-hydrogen) atoms. The van der Waals surface area contributed by atoms with Crippen LogP contribution >= 0.6 is 0 Å². The Morgan fingerprint density at radius 2 is 1.53 bits per heavy atom. The van der Waals surface area contributed by atoms with Gasteiger partial charge in [-0.25, -0.2) is 8.42 Å². The molecule has 0 N–H and O–H groups in total. The molecular formula is C23H31N3O3S. The third kappa shape index (κ3) is 5.02. The monoisotopic (exact) mass is 429 g/mol. The van der Waals surface area contributed by atoms with Crippen LogP contribution in [0, 0.1) is 12.8 Å². The number of carbonyl (C=O) groups is 1. The SMILES string of the molecule is Cc1ccc(S(=O)(=O)N2CCC(C(=O)N(C)Cc3ccc(N(C)C)cc3)CC2)cc1. The summed E-state index contributed by atoms with van der Waals surface area (Å²) in [7, 11) is 2.31. The van der Waals surface area contributed by atoms with Gasteiger partial charge in [-0.05, 0) is 49.6 Å². The standard InChI is InChI=1S/C23H31N3O3S/c1-18-5-11-22(12-6-18)30(28,29)26-15-13-20(14-16-26)23(27)25(4)17-19-7-9-21(10-8-19)24(2)3/h5-12,20H,13-17H2,1-4H3. The van der Waals surface area contributed by atoms with E-state index in [9.17, 15) is 13.2 Å². The van der Waals surface area contributed by atoms with E-state index >= 15 is 0 Å². The second-order valence-corrected chi connectivity index (χ2v) is 10.2. The van der Waals surface area contributed by atoms with Crippen molar-refractivity contribution in [1.82, 2.24) is 9.21 Å². The highest BCUT2D eigenvalue weighted by molar-refractivity contribution is 7.89. The Kier molecular flexibility index (Phi) is 6.83. The van der Waals surface area contributed by atoms with Gasteiger partial charge in [-0.15, -0.1) is 0 Å². The molecule has 3 rings (SSSR count). The molecule has 1 heterocycles. The minimum atomic E-state index is -3.50. The summed E-state index contributed by atoms with van der Waals surface area (Å²) in [6, 6.07) is 15.1. The van der Waals surface area contributed by atoms with E-state index in [0.717, 1.165) is 16.8 Å². The molecule has 1 saturated heterocycles. The Bertz CT molecular complexity index is 962. The van der Waals surface area contributed by atoms with Gasteiger partial charge in [-0.1, -0.05) is 29.8 Å². The van der Waals surface area contributed by atoms with E-state index in [1.807, 2.05) is 69.4 Å². The number of benzene rings is 2. The van der Waals surface area contributed by atoms with E-state index in [2.05, 4.69) is 0 Å². The Morgan fingerprint density at radius 3 is 2.07 bits per heavy atom. The summed E-state index contributed by atoms with van der Waals surface area (Å²) in [6.07, 6.45) is 1.10. The van der Waals surface area contributed by atoms with Gasteiger partial charge in [-0.3, -0.25) is 4.79 Å². The number of rotatable bonds is 6. The molecule has 0 radical (unpaired) electrons. The number of amides is 1. The number of nitrogens with zero attached hydrogens (tertiary/aromatic N) is 3. The van der Waals surface area contributed by atoms with Crippen LogP contribution in [0.2, 0.25) is 0 Å². The molecule has 7 heteroatoms. The number of anilines is 1. The van der Waals surface area contributed by atoms with Crippen LogP contribution in [-0.2, 0) is 21.4 Å². The lowest BCUT2D eigenvalue weighted by atomic mass is 9.96. The Balaban J connectivity index is 1.57. The van der Waals surface area contributed by atoms with E-state index < -0.39 is 10.0 Å². The fourth-order valence-corrected chi connectivity index (χ4v) is 5.24. The summed E-state index contributed by atoms with van der Waals surface area (Å²) >= 11 is 0. The van der Waals surface area contributed by atoms with Crippen LogP contribution in [0.15, 0.2) is 53.4 Å². The summed E-state index contributed by atoms with van der Waals surface area (Å²) in [5.74, 6) is -0.0559. The first kappa shape index (κ1) is 22.3. The number of sulfonamides is 1. The average Bonchev–Trinajstić information content (AvgIpc) is 2.74. The number of aryl methyl sites for hydroxylation is 1. The predicted molar refractivity (Wildman–Crippen MR) is 120 cm³/mol. The van der Waals surface area contributed by atoms with Crippen LogP contribution in [0.4, 0.5) is 5.69 Å². The molecule has 1 fully saturated rings. The van der Waals surface area contributed by atoms with Crippen LogP contribution in [0.25, 0.3) is 0 Å². The van der Waals surface area contributed by atoms with Crippen molar-refractivity contribution in [2.75, 3.05) is 39.1 Å². The Labute approximate surface area is 180 Å². The average molecular weight is 430 g/mol. The number of hydrogen-bond acceptors (Lipinski definition) is 4. The van der Waals surface area contributed by atoms with Crippen molar-refractivity contribution in [2.24, 2.45) is 5.92 Å². The lowest BCUT2D eigenvalue weighted by Crippen LogP contribution is -2.43. The smallest absolute Gasteiger partial charge is 0.243 e. The van der Waals surface area contributed by atoms with Crippen molar-refractivity contribution in [3.63, 3.8) is 0 Å². The minimum Gasteiger partial charge on any atom is -0.378 e. The summed E-state index contributed by atoms with van der Waals surface area (Å²) < 4.78 is 27.2. The predicted octanol–water partition coefficient (Wildman–Crippen LogP) is 3.12. The molecule has 1 aliphatic rings. The van der Waals surface area contributed by atoms with Crippen LogP contribution in [0.5, 0.6) is 0 Å². The largest absolute Gasteiger partial charge is 0.378 e. The molecule has 0 bridgehead atoms. The van der Waals surface area contributed by atoms with Crippen molar-refractivity contribution in [2.45, 2.75) is 31.2 Å². The highest BCUT2D eigenvalue weighted by Crippen LogP contribution is 2.25. The van der Waals surface area contributed by atoms with Crippen molar-refractivity contribution in [1.29, 1.82) is 0 Å². The lowest BCUT2D eigenvalue weighted by molar-refractivity contribution is -0.135. The van der Waals surface area contributed by atoms with Crippen LogP contribution < -0.4 is 4.90 Å². The highest BCUT2D eigenvalue weighted by Gasteiger charge is 2.33. The van der Waals surface area contributed by atoms with Gasteiger partial charge in [0.25, 0.3) is 0 Å². The molecule has 1 amide bonds. The van der Waals surface area contributed by atoms with Crippen molar-refractivity contribution in [3.05, 3.63) is 59.7 Å². The van der Waals surface area contributed by atoms with E-state index in [-0.39, 0.29) is 11.8 Å². The quantitative estimate of drug-likeness (QED) is 0.708. The van der Waals surface area contributed by atoms with Crippen LogP contribution in [-0.4, -0.2) is 57.8 Å². The van der Waals surface area contributed by atoms with Gasteiger partial charge in [-0.2, -0.15) is 4.31 Å². The third-order valence-corrected chi connectivity index (χ3v) is 7.62. The normalized spacial score (nSPS) is 15.7.